The van der Waals surface area contributed by atoms with Crippen molar-refractivity contribution < 1.29 is 22.4 Å². The monoisotopic (exact) mass is 506 g/mol. The van der Waals surface area contributed by atoms with Crippen molar-refractivity contribution in [3.63, 3.8) is 0 Å². The first kappa shape index (κ1) is 28.3. The van der Waals surface area contributed by atoms with E-state index in [0.29, 0.717) is 0 Å². The predicted octanol–water partition coefficient (Wildman–Crippen LogP) is 3.08. The van der Waals surface area contributed by atoms with E-state index in [-0.39, 0.29) is 18.1 Å². The summed E-state index contributed by atoms with van der Waals surface area (Å²) in [7, 11) is -1.61. The Labute approximate surface area is 207 Å². The molecule has 0 fully saturated rings. The molecule has 0 aliphatic carbocycles. The lowest BCUT2D eigenvalue weighted by molar-refractivity contribution is -0.140. The number of carbonyl (C=O) groups excluding carboxylic acids is 2. The number of hydrogen-bond donors (Lipinski definition) is 1. The number of aryl methyl sites for hydroxylation is 1. The number of halogens is 1. The van der Waals surface area contributed by atoms with Crippen LogP contribution in [0.15, 0.2) is 48.5 Å². The quantitative estimate of drug-likeness (QED) is 0.566. The van der Waals surface area contributed by atoms with Gasteiger partial charge in [0.05, 0.1) is 5.69 Å². The molecule has 0 aromatic heterocycles. The fourth-order valence-corrected chi connectivity index (χ4v) is 4.45. The highest BCUT2D eigenvalue weighted by atomic mass is 32.2. The Bertz CT molecular complexity index is 1160. The maximum absolute atomic E-state index is 14.6. The molecule has 0 bridgehead atoms. The van der Waals surface area contributed by atoms with Crippen LogP contribution in [-0.4, -0.2) is 61.7 Å². The third kappa shape index (κ3) is 7.25. The van der Waals surface area contributed by atoms with Crippen molar-refractivity contribution in [3.05, 3.63) is 65.5 Å². The number of amides is 2. The minimum atomic E-state index is -4.22. The van der Waals surface area contributed by atoms with Gasteiger partial charge in [0.15, 0.2) is 0 Å². The van der Waals surface area contributed by atoms with E-state index < -0.39 is 40.1 Å². The molecule has 0 saturated carbocycles. The maximum atomic E-state index is 14.6. The van der Waals surface area contributed by atoms with Crippen LogP contribution in [0.3, 0.4) is 0 Å². The summed E-state index contributed by atoms with van der Waals surface area (Å²) in [5, 5.41) is 2.86. The summed E-state index contributed by atoms with van der Waals surface area (Å²) in [6.07, 6.45) is 0. The van der Waals surface area contributed by atoms with Gasteiger partial charge < -0.3 is 10.2 Å². The standard InChI is InChI=1S/C25H35FN4O4S/c1-18-12-8-9-13-20(18)16-29(19(2)24(32)27-25(3,4)5)23(31)17-30(35(33,34)28(6)7)22-15-11-10-14-21(22)26/h8-15,19H,16-17H2,1-7H3,(H,27,32). The number of benzene rings is 2. The van der Waals surface area contributed by atoms with E-state index in [1.807, 2.05) is 52.0 Å². The molecule has 0 aliphatic rings. The van der Waals surface area contributed by atoms with Crippen molar-refractivity contribution in [1.29, 1.82) is 0 Å². The lowest BCUT2D eigenvalue weighted by atomic mass is 10.1. The third-order valence-corrected chi connectivity index (χ3v) is 7.21. The fraction of sp³-hybridized carbons (Fsp3) is 0.440. The number of nitrogens with one attached hydrogen (secondary N) is 1. The molecular weight excluding hydrogens is 471 g/mol. The molecule has 2 rings (SSSR count). The predicted molar refractivity (Wildman–Crippen MR) is 135 cm³/mol. The largest absolute Gasteiger partial charge is 0.350 e. The molecule has 0 aliphatic heterocycles. The topological polar surface area (TPSA) is 90.0 Å². The molecule has 1 unspecified atom stereocenters. The highest BCUT2D eigenvalue weighted by Crippen LogP contribution is 2.24. The molecule has 1 N–H and O–H groups in total. The van der Waals surface area contributed by atoms with Gasteiger partial charge in [-0.25, -0.2) is 8.70 Å². The highest BCUT2D eigenvalue weighted by Gasteiger charge is 2.34. The number of nitrogens with zero attached hydrogens (tertiary/aromatic N) is 3. The Hall–Kier alpha value is -2.98. The van der Waals surface area contributed by atoms with Gasteiger partial charge in [0.25, 0.3) is 0 Å². The van der Waals surface area contributed by atoms with Gasteiger partial charge in [-0.1, -0.05) is 36.4 Å². The molecular formula is C25H35FN4O4S. The lowest BCUT2D eigenvalue weighted by Crippen LogP contribution is -2.55. The van der Waals surface area contributed by atoms with Crippen LogP contribution in [0, 0.1) is 12.7 Å². The highest BCUT2D eigenvalue weighted by molar-refractivity contribution is 7.90. The number of anilines is 1. The van der Waals surface area contributed by atoms with E-state index in [9.17, 15) is 22.4 Å². The molecule has 1 atom stereocenters. The zero-order valence-electron chi connectivity index (χ0n) is 21.4. The molecule has 0 heterocycles. The molecule has 35 heavy (non-hydrogen) atoms. The maximum Gasteiger partial charge on any atom is 0.304 e. The first-order valence-electron chi connectivity index (χ1n) is 11.3. The molecule has 0 spiro atoms. The van der Waals surface area contributed by atoms with Gasteiger partial charge in [-0.15, -0.1) is 0 Å². The van der Waals surface area contributed by atoms with Gasteiger partial charge in [-0.05, 0) is 57.9 Å². The Morgan fingerprint density at radius 3 is 2.14 bits per heavy atom. The van der Waals surface area contributed by atoms with Gasteiger partial charge in [-0.3, -0.25) is 9.59 Å². The van der Waals surface area contributed by atoms with Crippen molar-refractivity contribution in [3.8, 4) is 0 Å². The van der Waals surface area contributed by atoms with E-state index in [0.717, 1.165) is 25.8 Å². The van der Waals surface area contributed by atoms with Crippen LogP contribution in [-0.2, 0) is 26.3 Å². The van der Waals surface area contributed by atoms with Gasteiger partial charge in [0, 0.05) is 26.2 Å². The first-order valence-corrected chi connectivity index (χ1v) is 12.7. The van der Waals surface area contributed by atoms with Gasteiger partial charge in [0.2, 0.25) is 11.8 Å². The van der Waals surface area contributed by atoms with Crippen molar-refractivity contribution in [2.45, 2.75) is 52.7 Å². The summed E-state index contributed by atoms with van der Waals surface area (Å²) in [5.41, 5.74) is 0.942. The van der Waals surface area contributed by atoms with Crippen LogP contribution in [0.1, 0.15) is 38.8 Å². The van der Waals surface area contributed by atoms with Crippen LogP contribution in [0.25, 0.3) is 0 Å². The molecule has 2 aromatic rings. The van der Waals surface area contributed by atoms with Crippen LogP contribution in [0.4, 0.5) is 10.1 Å². The van der Waals surface area contributed by atoms with Crippen LogP contribution in [0.2, 0.25) is 0 Å². The minimum absolute atomic E-state index is 0.0807. The second-order valence-electron chi connectivity index (χ2n) is 9.61. The second-order valence-corrected chi connectivity index (χ2v) is 11.7. The molecule has 192 valence electrons. The van der Waals surface area contributed by atoms with Gasteiger partial charge in [0.1, 0.15) is 18.4 Å². The number of hydrogen-bond acceptors (Lipinski definition) is 4. The van der Waals surface area contributed by atoms with E-state index in [2.05, 4.69) is 5.32 Å². The Kier molecular flexibility index (Phi) is 9.02. The number of rotatable bonds is 9. The summed E-state index contributed by atoms with van der Waals surface area (Å²) in [6.45, 7) is 8.36. The first-order chi connectivity index (χ1) is 16.1. The minimum Gasteiger partial charge on any atom is -0.350 e. The SMILES string of the molecule is Cc1ccccc1CN(C(=O)CN(c1ccccc1F)S(=O)(=O)N(C)C)C(C)C(=O)NC(C)(C)C. The van der Waals surface area contributed by atoms with E-state index in [1.54, 1.807) is 6.92 Å². The van der Waals surface area contributed by atoms with Crippen LogP contribution in [0.5, 0.6) is 0 Å². The van der Waals surface area contributed by atoms with Crippen LogP contribution < -0.4 is 9.62 Å². The van der Waals surface area contributed by atoms with Crippen LogP contribution >= 0.6 is 0 Å². The van der Waals surface area contributed by atoms with Crippen molar-refractivity contribution in [1.82, 2.24) is 14.5 Å². The summed E-state index contributed by atoms with van der Waals surface area (Å²) in [4.78, 5) is 27.9. The summed E-state index contributed by atoms with van der Waals surface area (Å²) < 4.78 is 42.4. The van der Waals surface area contributed by atoms with Crippen molar-refractivity contribution >= 4 is 27.7 Å². The normalized spacial score (nSPS) is 12.8. The summed E-state index contributed by atoms with van der Waals surface area (Å²) in [6, 6.07) is 11.9. The summed E-state index contributed by atoms with van der Waals surface area (Å²) >= 11 is 0. The summed E-state index contributed by atoms with van der Waals surface area (Å²) in [5.74, 6) is -1.81. The zero-order valence-corrected chi connectivity index (χ0v) is 22.2. The molecule has 2 aromatic carbocycles. The molecule has 0 radical (unpaired) electrons. The van der Waals surface area contributed by atoms with Crippen molar-refractivity contribution in [2.24, 2.45) is 0 Å². The van der Waals surface area contributed by atoms with E-state index in [1.165, 1.54) is 37.2 Å². The van der Waals surface area contributed by atoms with E-state index >= 15 is 0 Å². The Morgan fingerprint density at radius 1 is 1.03 bits per heavy atom. The zero-order chi connectivity index (χ0) is 26.6. The van der Waals surface area contributed by atoms with Gasteiger partial charge in [-0.2, -0.15) is 12.7 Å². The second kappa shape index (κ2) is 11.2. The number of carbonyl (C=O) groups is 2. The van der Waals surface area contributed by atoms with Gasteiger partial charge >= 0.3 is 10.2 Å². The molecule has 8 nitrogen and oxygen atoms in total. The smallest absolute Gasteiger partial charge is 0.304 e. The Morgan fingerprint density at radius 2 is 1.60 bits per heavy atom. The number of para-hydroxylation sites is 1. The molecule has 0 saturated heterocycles. The lowest BCUT2D eigenvalue weighted by Gasteiger charge is -2.34. The molecule has 2 amide bonds. The average molecular weight is 507 g/mol. The van der Waals surface area contributed by atoms with Crippen molar-refractivity contribution in [2.75, 3.05) is 24.9 Å². The van der Waals surface area contributed by atoms with E-state index in [4.69, 9.17) is 0 Å². The molecule has 10 heteroatoms. The third-order valence-electron chi connectivity index (χ3n) is 5.41. The fourth-order valence-electron chi connectivity index (χ4n) is 3.38. The average Bonchev–Trinajstić information content (AvgIpc) is 2.75. The Balaban J connectivity index is 2.50.